The Morgan fingerprint density at radius 1 is 1.28 bits per heavy atom. The molecule has 0 radical (unpaired) electrons. The maximum Gasteiger partial charge on any atom is 0.471 e. The predicted molar refractivity (Wildman–Crippen MR) is 52.6 cm³/mol. The molecule has 0 saturated heterocycles. The highest BCUT2D eigenvalue weighted by atomic mass is 19.4. The van der Waals surface area contributed by atoms with Crippen molar-refractivity contribution < 1.29 is 22.1 Å². The van der Waals surface area contributed by atoms with Gasteiger partial charge in [0.05, 0.1) is 0 Å². The third-order valence-electron chi connectivity index (χ3n) is 2.20. The van der Waals surface area contributed by atoms with Gasteiger partial charge in [0.15, 0.2) is 0 Å². The van der Waals surface area contributed by atoms with Crippen molar-refractivity contribution in [3.05, 3.63) is 35.5 Å². The lowest BCUT2D eigenvalue weighted by Crippen LogP contribution is -2.05. The summed E-state index contributed by atoms with van der Waals surface area (Å²) in [7, 11) is 0. The van der Waals surface area contributed by atoms with Crippen molar-refractivity contribution in [1.29, 1.82) is 0 Å². The van der Waals surface area contributed by atoms with E-state index in [1.54, 1.807) is 0 Å². The van der Waals surface area contributed by atoms with Crippen LogP contribution in [0.25, 0.3) is 11.4 Å². The molecular weight excluding hydrogens is 254 g/mol. The molecule has 0 spiro atoms. The number of nitrogens with zero attached hydrogens (tertiary/aromatic N) is 2. The van der Waals surface area contributed by atoms with Crippen LogP contribution in [0.4, 0.5) is 17.6 Å². The van der Waals surface area contributed by atoms with Gasteiger partial charge in [-0.05, 0) is 6.07 Å². The van der Waals surface area contributed by atoms with Gasteiger partial charge in [-0.25, -0.2) is 4.39 Å². The van der Waals surface area contributed by atoms with E-state index in [-0.39, 0.29) is 23.5 Å². The van der Waals surface area contributed by atoms with Crippen molar-refractivity contribution in [2.45, 2.75) is 12.7 Å². The van der Waals surface area contributed by atoms with Crippen molar-refractivity contribution in [3.8, 4) is 11.4 Å². The molecule has 1 heterocycles. The zero-order chi connectivity index (χ0) is 13.3. The summed E-state index contributed by atoms with van der Waals surface area (Å²) in [5, 5.41) is 3.15. The number of nitrogens with two attached hydrogens (primary N) is 1. The van der Waals surface area contributed by atoms with Gasteiger partial charge in [0.1, 0.15) is 5.82 Å². The molecule has 0 atom stereocenters. The lowest BCUT2D eigenvalue weighted by molar-refractivity contribution is -0.159. The van der Waals surface area contributed by atoms with E-state index in [9.17, 15) is 17.6 Å². The van der Waals surface area contributed by atoms with E-state index >= 15 is 0 Å². The second kappa shape index (κ2) is 4.37. The maximum atomic E-state index is 13.4. The van der Waals surface area contributed by atoms with Gasteiger partial charge >= 0.3 is 12.1 Å². The smallest absolute Gasteiger partial charge is 0.329 e. The Morgan fingerprint density at radius 2 is 2.00 bits per heavy atom. The molecule has 18 heavy (non-hydrogen) atoms. The highest BCUT2D eigenvalue weighted by Gasteiger charge is 2.38. The maximum absolute atomic E-state index is 13.4. The van der Waals surface area contributed by atoms with Crippen LogP contribution in [0.3, 0.4) is 0 Å². The van der Waals surface area contributed by atoms with Crippen LogP contribution in [0.15, 0.2) is 22.7 Å². The second-order valence-electron chi connectivity index (χ2n) is 3.43. The average molecular weight is 261 g/mol. The molecule has 96 valence electrons. The lowest BCUT2D eigenvalue weighted by atomic mass is 10.1. The molecule has 2 aromatic rings. The van der Waals surface area contributed by atoms with Gasteiger partial charge in [-0.1, -0.05) is 17.3 Å². The molecule has 1 aromatic heterocycles. The molecule has 0 saturated carbocycles. The SMILES string of the molecule is NCc1ccc(-c2noc(C(F)(F)F)n2)cc1F. The summed E-state index contributed by atoms with van der Waals surface area (Å²) < 4.78 is 54.1. The topological polar surface area (TPSA) is 64.9 Å². The van der Waals surface area contributed by atoms with Crippen molar-refractivity contribution in [2.24, 2.45) is 5.73 Å². The Hall–Kier alpha value is -1.96. The number of alkyl halides is 3. The molecule has 0 aliphatic heterocycles. The van der Waals surface area contributed by atoms with E-state index in [0.717, 1.165) is 6.07 Å². The summed E-state index contributed by atoms with van der Waals surface area (Å²) >= 11 is 0. The van der Waals surface area contributed by atoms with Crippen molar-refractivity contribution in [2.75, 3.05) is 0 Å². The fraction of sp³-hybridized carbons (Fsp3) is 0.200. The van der Waals surface area contributed by atoms with Crippen LogP contribution in [-0.4, -0.2) is 10.1 Å². The first kappa shape index (κ1) is 12.5. The van der Waals surface area contributed by atoms with E-state index in [4.69, 9.17) is 5.73 Å². The minimum Gasteiger partial charge on any atom is -0.329 e. The Kier molecular flexibility index (Phi) is 3.04. The summed E-state index contributed by atoms with van der Waals surface area (Å²) in [6, 6.07) is 3.73. The van der Waals surface area contributed by atoms with Gasteiger partial charge in [-0.2, -0.15) is 18.2 Å². The van der Waals surface area contributed by atoms with Crippen LogP contribution in [0.1, 0.15) is 11.5 Å². The first-order valence-electron chi connectivity index (χ1n) is 4.81. The van der Waals surface area contributed by atoms with Crippen LogP contribution in [0.2, 0.25) is 0 Å². The Labute approximate surface area is 98.4 Å². The van der Waals surface area contributed by atoms with Crippen LogP contribution < -0.4 is 5.73 Å². The first-order chi connectivity index (χ1) is 8.41. The third-order valence-corrected chi connectivity index (χ3v) is 2.20. The number of benzene rings is 1. The standard InChI is InChI=1S/C10H7F4N3O/c11-7-3-5(1-2-6(7)4-15)8-16-9(18-17-8)10(12,13)14/h1-3H,4,15H2. The molecule has 0 bridgehead atoms. The number of halogens is 4. The first-order valence-corrected chi connectivity index (χ1v) is 4.81. The van der Waals surface area contributed by atoms with Gasteiger partial charge in [0, 0.05) is 17.7 Å². The second-order valence-corrected chi connectivity index (χ2v) is 3.43. The molecule has 2 N–H and O–H groups in total. The average Bonchev–Trinajstić information content (AvgIpc) is 2.77. The number of aromatic nitrogens is 2. The third kappa shape index (κ3) is 2.33. The van der Waals surface area contributed by atoms with Crippen molar-refractivity contribution >= 4 is 0 Å². The summed E-state index contributed by atoms with van der Waals surface area (Å²) in [5.41, 5.74) is 5.60. The Bertz CT molecular complexity index is 564. The largest absolute Gasteiger partial charge is 0.471 e. The molecule has 8 heteroatoms. The fourth-order valence-corrected chi connectivity index (χ4v) is 1.31. The molecule has 0 fully saturated rings. The van der Waals surface area contributed by atoms with Crippen molar-refractivity contribution in [1.82, 2.24) is 10.1 Å². The molecule has 0 aliphatic carbocycles. The highest BCUT2D eigenvalue weighted by Crippen LogP contribution is 2.29. The summed E-state index contributed by atoms with van der Waals surface area (Å²) in [6.45, 7) is -0.00778. The van der Waals surface area contributed by atoms with Crippen LogP contribution in [0, 0.1) is 5.82 Å². The van der Waals surface area contributed by atoms with E-state index in [0.29, 0.717) is 0 Å². The van der Waals surface area contributed by atoms with Gasteiger partial charge in [0.2, 0.25) is 5.82 Å². The normalized spacial score (nSPS) is 11.8. The van der Waals surface area contributed by atoms with E-state index < -0.39 is 17.9 Å². The number of rotatable bonds is 2. The van der Waals surface area contributed by atoms with Gasteiger partial charge in [-0.15, -0.1) is 0 Å². The van der Waals surface area contributed by atoms with E-state index in [1.807, 2.05) is 0 Å². The van der Waals surface area contributed by atoms with Crippen LogP contribution in [0.5, 0.6) is 0 Å². The zero-order valence-corrected chi connectivity index (χ0v) is 8.83. The van der Waals surface area contributed by atoms with Crippen molar-refractivity contribution in [3.63, 3.8) is 0 Å². The number of hydrogen-bond donors (Lipinski definition) is 1. The van der Waals surface area contributed by atoms with Gasteiger partial charge < -0.3 is 10.3 Å². The Balaban J connectivity index is 2.38. The fourth-order valence-electron chi connectivity index (χ4n) is 1.31. The van der Waals surface area contributed by atoms with Gasteiger partial charge in [0.25, 0.3) is 0 Å². The molecule has 0 amide bonds. The zero-order valence-electron chi connectivity index (χ0n) is 8.83. The summed E-state index contributed by atoms with van der Waals surface area (Å²) in [6.07, 6.45) is -4.72. The molecule has 1 aromatic carbocycles. The van der Waals surface area contributed by atoms with Crippen LogP contribution in [-0.2, 0) is 12.7 Å². The van der Waals surface area contributed by atoms with E-state index in [1.165, 1.54) is 12.1 Å². The molecular formula is C10H7F4N3O. The summed E-state index contributed by atoms with van der Waals surface area (Å²) in [4.78, 5) is 3.15. The Morgan fingerprint density at radius 3 is 2.50 bits per heavy atom. The minimum absolute atomic E-state index is 0.00778. The molecule has 0 unspecified atom stereocenters. The minimum atomic E-state index is -4.72. The van der Waals surface area contributed by atoms with E-state index in [2.05, 4.69) is 14.7 Å². The molecule has 4 nitrogen and oxygen atoms in total. The number of hydrogen-bond acceptors (Lipinski definition) is 4. The predicted octanol–water partition coefficient (Wildman–Crippen LogP) is 2.35. The lowest BCUT2D eigenvalue weighted by Gasteiger charge is -2.00. The highest BCUT2D eigenvalue weighted by molar-refractivity contribution is 5.55. The van der Waals surface area contributed by atoms with Gasteiger partial charge in [-0.3, -0.25) is 0 Å². The summed E-state index contributed by atoms with van der Waals surface area (Å²) in [5.74, 6) is -2.43. The molecule has 0 aliphatic rings. The quantitative estimate of drug-likeness (QED) is 0.843. The monoisotopic (exact) mass is 261 g/mol. The van der Waals surface area contributed by atoms with Crippen LogP contribution >= 0.6 is 0 Å². The molecule has 2 rings (SSSR count).